The van der Waals surface area contributed by atoms with Crippen LogP contribution in [0.1, 0.15) is 37.4 Å². The number of nitrogens with one attached hydrogen (secondary N) is 1. The highest BCUT2D eigenvalue weighted by molar-refractivity contribution is 6.09. The minimum Gasteiger partial charge on any atom is -0.321 e. The Morgan fingerprint density at radius 3 is 1.80 bits per heavy atom. The normalized spacial score (nSPS) is 14.1. The summed E-state index contributed by atoms with van der Waals surface area (Å²) < 4.78 is 192. The maximum atomic E-state index is 15.3. The van der Waals surface area contributed by atoms with E-state index in [4.69, 9.17) is 0 Å². The van der Waals surface area contributed by atoms with E-state index in [9.17, 15) is 66.7 Å². The van der Waals surface area contributed by atoms with Crippen LogP contribution >= 0.6 is 0 Å². The number of hydrogen-bond acceptors (Lipinski definition) is 2. The van der Waals surface area contributed by atoms with Gasteiger partial charge >= 0.3 is 30.1 Å². The number of halogens is 14. The predicted octanol–water partition coefficient (Wildman–Crippen LogP) is 8.75. The van der Waals surface area contributed by atoms with E-state index < -0.39 is 99.3 Å². The van der Waals surface area contributed by atoms with Crippen LogP contribution in [0.3, 0.4) is 0 Å². The molecular formula is C27H16F14N2O2. The molecule has 1 atom stereocenters. The van der Waals surface area contributed by atoms with Crippen molar-refractivity contribution in [1.82, 2.24) is 0 Å². The molecule has 1 unspecified atom stereocenters. The molecule has 4 nitrogen and oxygen atoms in total. The molecule has 0 saturated heterocycles. The molecule has 0 aliphatic rings. The summed E-state index contributed by atoms with van der Waals surface area (Å²) in [5, 5.41) is 1.50. The van der Waals surface area contributed by atoms with Crippen molar-refractivity contribution < 1.29 is 71.1 Å². The topological polar surface area (TPSA) is 49.4 Å². The van der Waals surface area contributed by atoms with Gasteiger partial charge in [-0.15, -0.1) is 0 Å². The third-order valence-electron chi connectivity index (χ3n) is 6.44. The maximum Gasteiger partial charge on any atom is 0.457 e. The molecule has 3 aromatic rings. The number of amides is 2. The molecule has 0 bridgehead atoms. The quantitative estimate of drug-likeness (QED) is 0.268. The van der Waals surface area contributed by atoms with Gasteiger partial charge in [-0.2, -0.15) is 48.3 Å². The van der Waals surface area contributed by atoms with Crippen molar-refractivity contribution in [2.45, 2.75) is 37.0 Å². The molecule has 1 N–H and O–H groups in total. The van der Waals surface area contributed by atoms with Gasteiger partial charge in [-0.3, -0.25) is 9.59 Å². The predicted molar refractivity (Wildman–Crippen MR) is 130 cm³/mol. The summed E-state index contributed by atoms with van der Waals surface area (Å²) in [5.74, 6) is -12.2. The minimum absolute atomic E-state index is 0.155. The monoisotopic (exact) mass is 666 g/mol. The average Bonchev–Trinajstić information content (AvgIpc) is 2.91. The Labute approximate surface area is 243 Å². The molecule has 0 aliphatic heterocycles. The first-order chi connectivity index (χ1) is 20.4. The Morgan fingerprint density at radius 2 is 1.31 bits per heavy atom. The van der Waals surface area contributed by atoms with E-state index in [0.29, 0.717) is 17.9 Å². The van der Waals surface area contributed by atoms with Gasteiger partial charge in [0.25, 0.3) is 11.8 Å². The van der Waals surface area contributed by atoms with Crippen molar-refractivity contribution in [3.05, 3.63) is 94.0 Å². The van der Waals surface area contributed by atoms with E-state index in [1.54, 1.807) is 0 Å². The van der Waals surface area contributed by atoms with Crippen LogP contribution in [-0.4, -0.2) is 37.1 Å². The number of nitrogens with zero attached hydrogens (tertiary/aromatic N) is 1. The number of hydrogen-bond donors (Lipinski definition) is 1. The molecule has 0 saturated carbocycles. The molecule has 0 heterocycles. The van der Waals surface area contributed by atoms with Gasteiger partial charge in [0.05, 0.1) is 22.5 Å². The zero-order valence-electron chi connectivity index (χ0n) is 22.3. The lowest BCUT2D eigenvalue weighted by Crippen LogP contribution is -2.59. The van der Waals surface area contributed by atoms with Crippen LogP contribution < -0.4 is 10.2 Å². The third-order valence-corrected chi connectivity index (χ3v) is 6.44. The maximum absolute atomic E-state index is 15.3. The number of alkyl halides is 12. The van der Waals surface area contributed by atoms with Gasteiger partial charge < -0.3 is 10.2 Å². The first-order valence-electron chi connectivity index (χ1n) is 11.9. The van der Waals surface area contributed by atoms with Gasteiger partial charge in [-0.25, -0.2) is 13.2 Å². The first kappa shape index (κ1) is 35.1. The van der Waals surface area contributed by atoms with Crippen LogP contribution in [-0.2, 0) is 11.8 Å². The fourth-order valence-electron chi connectivity index (χ4n) is 4.12. The second-order valence-electron chi connectivity index (χ2n) is 9.41. The van der Waals surface area contributed by atoms with E-state index in [-0.39, 0.29) is 5.56 Å². The number of anilines is 2. The van der Waals surface area contributed by atoms with Gasteiger partial charge in [0.2, 0.25) is 0 Å². The fraction of sp³-hybridized carbons (Fsp3) is 0.259. The molecule has 0 spiro atoms. The number of carbonyl (C=O) groups excluding carboxylic acids is 2. The van der Waals surface area contributed by atoms with Gasteiger partial charge in [-0.1, -0.05) is 12.1 Å². The van der Waals surface area contributed by atoms with Crippen LogP contribution in [0.25, 0.3) is 0 Å². The van der Waals surface area contributed by atoms with Crippen LogP contribution in [0, 0.1) is 18.6 Å². The molecule has 0 fully saturated rings. The zero-order chi connectivity index (χ0) is 34.5. The standard InChI is InChI=1S/C27H16F14N2O2/c1-12-10-14(23(30,26(36,37)38)25(34,35)27(39,40)41)11-17(24(31,32)33)20(12)42-21(44)16-4-3-5-18(19(16)29)43(2)22(45)13-6-8-15(28)9-7-13/h3-11H,1-2H3,(H,42,44). The molecule has 3 rings (SSSR count). The number of benzene rings is 3. The van der Waals surface area contributed by atoms with Crippen molar-refractivity contribution in [2.75, 3.05) is 17.3 Å². The van der Waals surface area contributed by atoms with E-state index in [0.717, 1.165) is 43.4 Å². The Morgan fingerprint density at radius 1 is 0.756 bits per heavy atom. The lowest BCUT2D eigenvalue weighted by Gasteiger charge is -2.36. The van der Waals surface area contributed by atoms with E-state index in [2.05, 4.69) is 0 Å². The van der Waals surface area contributed by atoms with Crippen molar-refractivity contribution in [3.63, 3.8) is 0 Å². The lowest BCUT2D eigenvalue weighted by molar-refractivity contribution is -0.389. The van der Waals surface area contributed by atoms with Crippen LogP contribution in [0.2, 0.25) is 0 Å². The van der Waals surface area contributed by atoms with Crippen molar-refractivity contribution in [2.24, 2.45) is 0 Å². The van der Waals surface area contributed by atoms with Gasteiger partial charge in [0.15, 0.2) is 5.82 Å². The Kier molecular flexibility index (Phi) is 8.99. The van der Waals surface area contributed by atoms with Crippen molar-refractivity contribution in [1.29, 1.82) is 0 Å². The zero-order valence-corrected chi connectivity index (χ0v) is 22.3. The SMILES string of the molecule is Cc1cc(C(F)(C(F)(F)F)C(F)(F)C(F)(F)F)cc(C(F)(F)F)c1NC(=O)c1cccc(N(C)C(=O)c2ccc(F)cc2)c1F. The number of carbonyl (C=O) groups is 2. The molecule has 18 heteroatoms. The Bertz CT molecular complexity index is 1610. The lowest BCUT2D eigenvalue weighted by atomic mass is 9.85. The van der Waals surface area contributed by atoms with E-state index in [1.165, 1.54) is 5.32 Å². The highest BCUT2D eigenvalue weighted by Crippen LogP contribution is 2.59. The summed E-state index contributed by atoms with van der Waals surface area (Å²) in [5.41, 5.74) is -16.6. The summed E-state index contributed by atoms with van der Waals surface area (Å²) in [6.45, 7) is 0.429. The van der Waals surface area contributed by atoms with Gasteiger partial charge in [0, 0.05) is 18.2 Å². The summed E-state index contributed by atoms with van der Waals surface area (Å²) in [6.07, 6.45) is -20.2. The summed E-state index contributed by atoms with van der Waals surface area (Å²) in [7, 11) is 1.01. The number of aryl methyl sites for hydroxylation is 1. The van der Waals surface area contributed by atoms with E-state index in [1.807, 2.05) is 0 Å². The van der Waals surface area contributed by atoms with E-state index >= 15 is 4.39 Å². The highest BCUT2D eigenvalue weighted by atomic mass is 19.4. The average molecular weight is 666 g/mol. The summed E-state index contributed by atoms with van der Waals surface area (Å²) >= 11 is 0. The molecular weight excluding hydrogens is 650 g/mol. The Hall–Kier alpha value is -4.38. The molecule has 0 radical (unpaired) electrons. The van der Waals surface area contributed by atoms with Gasteiger partial charge in [0.1, 0.15) is 5.82 Å². The smallest absolute Gasteiger partial charge is 0.321 e. The molecule has 2 amide bonds. The van der Waals surface area contributed by atoms with Crippen LogP contribution in [0.15, 0.2) is 54.6 Å². The van der Waals surface area contributed by atoms with Crippen molar-refractivity contribution >= 4 is 23.2 Å². The first-order valence-corrected chi connectivity index (χ1v) is 11.9. The largest absolute Gasteiger partial charge is 0.457 e. The summed E-state index contributed by atoms with van der Waals surface area (Å²) in [4.78, 5) is 26.2. The second kappa shape index (κ2) is 11.5. The van der Waals surface area contributed by atoms with Crippen molar-refractivity contribution in [3.8, 4) is 0 Å². The second-order valence-corrected chi connectivity index (χ2v) is 9.41. The van der Waals surface area contributed by atoms with Gasteiger partial charge in [-0.05, 0) is 55.0 Å². The molecule has 45 heavy (non-hydrogen) atoms. The molecule has 0 aliphatic carbocycles. The molecule has 244 valence electrons. The fourth-order valence-corrected chi connectivity index (χ4v) is 4.12. The van der Waals surface area contributed by atoms with Crippen LogP contribution in [0.4, 0.5) is 72.8 Å². The molecule has 3 aromatic carbocycles. The summed E-state index contributed by atoms with van der Waals surface area (Å²) in [6, 6.07) is 5.10. The third kappa shape index (κ3) is 6.26. The minimum atomic E-state index is -7.28. The molecule has 0 aromatic heterocycles. The Balaban J connectivity index is 2.12. The van der Waals surface area contributed by atoms with Crippen LogP contribution in [0.5, 0.6) is 0 Å². The highest BCUT2D eigenvalue weighted by Gasteiger charge is 2.81. The number of rotatable bonds is 6.